The minimum atomic E-state index is 0.122. The lowest BCUT2D eigenvalue weighted by atomic mass is 10.1. The Labute approximate surface area is 140 Å². The second-order valence-corrected chi connectivity index (χ2v) is 6.70. The van der Waals surface area contributed by atoms with Crippen molar-refractivity contribution in [2.75, 3.05) is 58.9 Å². The van der Waals surface area contributed by atoms with E-state index in [4.69, 9.17) is 0 Å². The molecule has 2 amide bonds. The number of nitrogens with one attached hydrogen (secondary N) is 1. The second-order valence-electron chi connectivity index (χ2n) is 6.70. The van der Waals surface area contributed by atoms with Gasteiger partial charge in [0.25, 0.3) is 0 Å². The van der Waals surface area contributed by atoms with Crippen LogP contribution in [0.4, 0.5) is 0 Å². The molecule has 0 bridgehead atoms. The molecule has 0 aliphatic carbocycles. The van der Waals surface area contributed by atoms with Crippen LogP contribution in [0.25, 0.3) is 0 Å². The molecule has 2 aliphatic rings. The molecule has 0 radical (unpaired) electrons. The summed E-state index contributed by atoms with van der Waals surface area (Å²) in [5.74, 6) is 0.395. The molecule has 6 nitrogen and oxygen atoms in total. The van der Waals surface area contributed by atoms with Gasteiger partial charge in [-0.15, -0.1) is 0 Å². The Balaban J connectivity index is 1.61. The van der Waals surface area contributed by atoms with E-state index in [1.165, 1.54) is 6.42 Å². The number of amides is 2. The molecule has 132 valence electrons. The minimum Gasteiger partial charge on any atom is -0.355 e. The second kappa shape index (κ2) is 9.88. The Bertz CT molecular complexity index is 375. The smallest absolute Gasteiger partial charge is 0.236 e. The van der Waals surface area contributed by atoms with Crippen LogP contribution in [0.2, 0.25) is 0 Å². The first kappa shape index (κ1) is 18.2. The van der Waals surface area contributed by atoms with E-state index in [0.29, 0.717) is 13.1 Å². The molecule has 2 aliphatic heterocycles. The number of carbonyl (C=O) groups is 2. The Morgan fingerprint density at radius 1 is 0.870 bits per heavy atom. The zero-order chi connectivity index (χ0) is 16.5. The van der Waals surface area contributed by atoms with Crippen molar-refractivity contribution in [3.63, 3.8) is 0 Å². The van der Waals surface area contributed by atoms with Gasteiger partial charge in [-0.25, -0.2) is 0 Å². The highest BCUT2D eigenvalue weighted by Crippen LogP contribution is 2.10. The van der Waals surface area contributed by atoms with E-state index in [2.05, 4.69) is 22.0 Å². The quantitative estimate of drug-likeness (QED) is 0.694. The molecule has 0 aromatic rings. The maximum absolute atomic E-state index is 12.3. The topological polar surface area (TPSA) is 55.9 Å². The summed E-state index contributed by atoms with van der Waals surface area (Å²) in [5.41, 5.74) is 0. The third-order valence-electron chi connectivity index (χ3n) is 4.75. The van der Waals surface area contributed by atoms with Gasteiger partial charge in [-0.2, -0.15) is 0 Å². The molecule has 2 saturated heterocycles. The summed E-state index contributed by atoms with van der Waals surface area (Å²) in [7, 11) is 0. The summed E-state index contributed by atoms with van der Waals surface area (Å²) in [6.45, 7) is 9.27. The van der Waals surface area contributed by atoms with E-state index >= 15 is 0 Å². The molecule has 0 aromatic carbocycles. The van der Waals surface area contributed by atoms with Gasteiger partial charge in [0.2, 0.25) is 11.8 Å². The molecule has 0 saturated carbocycles. The third kappa shape index (κ3) is 6.47. The molecule has 0 unspecified atom stereocenters. The van der Waals surface area contributed by atoms with Gasteiger partial charge in [0.1, 0.15) is 0 Å². The lowest BCUT2D eigenvalue weighted by Crippen LogP contribution is -2.52. The van der Waals surface area contributed by atoms with Crippen molar-refractivity contribution in [3.8, 4) is 0 Å². The number of hydrogen-bond acceptors (Lipinski definition) is 4. The standard InChI is InChI=1S/C17H32N4O2/c1-2-3-7-18-16(22)14-19-10-12-20(13-11-19)15-17(23)21-8-5-4-6-9-21/h2-15H2,1H3,(H,18,22). The van der Waals surface area contributed by atoms with E-state index < -0.39 is 0 Å². The van der Waals surface area contributed by atoms with Crippen molar-refractivity contribution < 1.29 is 9.59 Å². The van der Waals surface area contributed by atoms with Gasteiger partial charge in [0.05, 0.1) is 13.1 Å². The van der Waals surface area contributed by atoms with Crippen molar-refractivity contribution in [1.29, 1.82) is 0 Å². The highest BCUT2D eigenvalue weighted by molar-refractivity contribution is 5.78. The van der Waals surface area contributed by atoms with Crippen molar-refractivity contribution >= 4 is 11.8 Å². The summed E-state index contributed by atoms with van der Waals surface area (Å²) in [4.78, 5) is 30.5. The lowest BCUT2D eigenvalue weighted by molar-refractivity contribution is -0.134. The van der Waals surface area contributed by atoms with E-state index in [1.807, 2.05) is 4.90 Å². The predicted octanol–water partition coefficient (Wildman–Crippen LogP) is 0.533. The normalized spacial score (nSPS) is 20.5. The number of piperazine rings is 1. The van der Waals surface area contributed by atoms with Crippen LogP contribution in [0.1, 0.15) is 39.0 Å². The fourth-order valence-corrected chi connectivity index (χ4v) is 3.20. The Kier molecular flexibility index (Phi) is 7.82. The van der Waals surface area contributed by atoms with E-state index in [1.54, 1.807) is 0 Å². The molecular weight excluding hydrogens is 292 g/mol. The fraction of sp³-hybridized carbons (Fsp3) is 0.882. The first-order valence-corrected chi connectivity index (χ1v) is 9.18. The first-order valence-electron chi connectivity index (χ1n) is 9.18. The number of unbranched alkanes of at least 4 members (excludes halogenated alkanes) is 1. The fourth-order valence-electron chi connectivity index (χ4n) is 3.20. The van der Waals surface area contributed by atoms with Crippen LogP contribution >= 0.6 is 0 Å². The van der Waals surface area contributed by atoms with Gasteiger partial charge >= 0.3 is 0 Å². The van der Waals surface area contributed by atoms with Crippen LogP contribution in [0.15, 0.2) is 0 Å². The number of hydrogen-bond donors (Lipinski definition) is 1. The van der Waals surface area contributed by atoms with Gasteiger partial charge in [-0.3, -0.25) is 19.4 Å². The zero-order valence-electron chi connectivity index (χ0n) is 14.6. The Morgan fingerprint density at radius 3 is 2.09 bits per heavy atom. The first-order chi connectivity index (χ1) is 11.2. The Hall–Kier alpha value is -1.14. The number of carbonyl (C=O) groups excluding carboxylic acids is 2. The lowest BCUT2D eigenvalue weighted by Gasteiger charge is -2.35. The van der Waals surface area contributed by atoms with Crippen LogP contribution in [0.3, 0.4) is 0 Å². The summed E-state index contributed by atoms with van der Waals surface area (Å²) in [6.07, 6.45) is 5.68. The van der Waals surface area contributed by atoms with Crippen molar-refractivity contribution in [2.45, 2.75) is 39.0 Å². The molecule has 2 rings (SSSR count). The monoisotopic (exact) mass is 324 g/mol. The van der Waals surface area contributed by atoms with Gasteiger partial charge in [0.15, 0.2) is 0 Å². The van der Waals surface area contributed by atoms with E-state index in [0.717, 1.165) is 71.5 Å². The summed E-state index contributed by atoms with van der Waals surface area (Å²) >= 11 is 0. The van der Waals surface area contributed by atoms with Gasteiger partial charge < -0.3 is 10.2 Å². The van der Waals surface area contributed by atoms with Crippen LogP contribution in [-0.2, 0) is 9.59 Å². The maximum Gasteiger partial charge on any atom is 0.236 e. The van der Waals surface area contributed by atoms with Crippen molar-refractivity contribution in [1.82, 2.24) is 20.0 Å². The van der Waals surface area contributed by atoms with E-state index in [-0.39, 0.29) is 11.8 Å². The summed E-state index contributed by atoms with van der Waals surface area (Å²) in [5, 5.41) is 2.96. The molecule has 0 aromatic heterocycles. The molecule has 6 heteroatoms. The van der Waals surface area contributed by atoms with Crippen LogP contribution in [-0.4, -0.2) is 85.4 Å². The molecule has 1 N–H and O–H groups in total. The molecule has 2 heterocycles. The SMILES string of the molecule is CCCCNC(=O)CN1CCN(CC(=O)N2CCCCC2)CC1. The van der Waals surface area contributed by atoms with Gasteiger partial charge in [0, 0.05) is 45.8 Å². The Morgan fingerprint density at radius 2 is 1.48 bits per heavy atom. The van der Waals surface area contributed by atoms with Crippen molar-refractivity contribution in [2.24, 2.45) is 0 Å². The number of nitrogens with zero attached hydrogens (tertiary/aromatic N) is 3. The maximum atomic E-state index is 12.3. The van der Waals surface area contributed by atoms with E-state index in [9.17, 15) is 9.59 Å². The average molecular weight is 324 g/mol. The summed E-state index contributed by atoms with van der Waals surface area (Å²) < 4.78 is 0. The third-order valence-corrected chi connectivity index (χ3v) is 4.75. The van der Waals surface area contributed by atoms with Gasteiger partial charge in [-0.1, -0.05) is 13.3 Å². The number of rotatable bonds is 7. The molecule has 0 spiro atoms. The number of piperidine rings is 1. The number of likely N-dealkylation sites (tertiary alicyclic amines) is 1. The largest absolute Gasteiger partial charge is 0.355 e. The molecular formula is C17H32N4O2. The van der Waals surface area contributed by atoms with Crippen molar-refractivity contribution in [3.05, 3.63) is 0 Å². The minimum absolute atomic E-state index is 0.122. The average Bonchev–Trinajstić information content (AvgIpc) is 2.57. The van der Waals surface area contributed by atoms with Crippen LogP contribution in [0.5, 0.6) is 0 Å². The highest BCUT2D eigenvalue weighted by atomic mass is 16.2. The summed E-state index contributed by atoms with van der Waals surface area (Å²) in [6, 6.07) is 0. The molecule has 2 fully saturated rings. The van der Waals surface area contributed by atoms with Crippen LogP contribution < -0.4 is 5.32 Å². The molecule has 23 heavy (non-hydrogen) atoms. The predicted molar refractivity (Wildman–Crippen MR) is 91.2 cm³/mol. The van der Waals surface area contributed by atoms with Crippen LogP contribution in [0, 0.1) is 0 Å². The van der Waals surface area contributed by atoms with Gasteiger partial charge in [-0.05, 0) is 25.7 Å². The zero-order valence-corrected chi connectivity index (χ0v) is 14.6. The highest BCUT2D eigenvalue weighted by Gasteiger charge is 2.23. The molecule has 0 atom stereocenters.